The third-order valence-corrected chi connectivity index (χ3v) is 4.88. The van der Waals surface area contributed by atoms with Crippen molar-refractivity contribution in [2.45, 2.75) is 52.5 Å². The molecule has 2 atom stereocenters. The van der Waals surface area contributed by atoms with Gasteiger partial charge in [-0.3, -0.25) is 4.79 Å². The molecule has 2 rings (SSSR count). The van der Waals surface area contributed by atoms with E-state index in [0.29, 0.717) is 6.54 Å². The zero-order chi connectivity index (χ0) is 14.8. The van der Waals surface area contributed by atoms with Gasteiger partial charge >= 0.3 is 0 Å². The van der Waals surface area contributed by atoms with E-state index in [9.17, 15) is 4.79 Å². The molecule has 1 aromatic rings. The maximum atomic E-state index is 12.5. The minimum Gasteiger partial charge on any atom is -0.349 e. The highest BCUT2D eigenvalue weighted by Crippen LogP contribution is 2.33. The molecular formula is C16H26N2OS. The van der Waals surface area contributed by atoms with Gasteiger partial charge in [-0.25, -0.2) is 0 Å². The standard InChI is InChI=1S/C16H26N2OS/c1-16(2,3)9-11(10-17)15(19)18-13-5-4-6-14-12(13)7-8-20-14/h7-8,11,13H,4-6,9-10,17H2,1-3H3,(H,18,19). The zero-order valence-electron chi connectivity index (χ0n) is 12.7. The Bertz CT molecular complexity index is 461. The number of hydrogen-bond acceptors (Lipinski definition) is 3. The normalized spacial score (nSPS) is 20.3. The largest absolute Gasteiger partial charge is 0.349 e. The molecule has 1 aliphatic carbocycles. The summed E-state index contributed by atoms with van der Waals surface area (Å²) in [6, 6.07) is 2.34. The Labute approximate surface area is 125 Å². The summed E-state index contributed by atoms with van der Waals surface area (Å²) < 4.78 is 0. The van der Waals surface area contributed by atoms with Crippen LogP contribution in [0.2, 0.25) is 0 Å². The SMILES string of the molecule is CC(C)(C)CC(CN)C(=O)NC1CCCc2sccc21. The first-order valence-corrected chi connectivity index (χ1v) is 8.35. The summed E-state index contributed by atoms with van der Waals surface area (Å²) in [5.74, 6) is 0.0329. The van der Waals surface area contributed by atoms with E-state index in [0.717, 1.165) is 25.7 Å². The fourth-order valence-corrected chi connectivity index (χ4v) is 3.94. The Morgan fingerprint density at radius 3 is 2.95 bits per heavy atom. The summed E-state index contributed by atoms with van der Waals surface area (Å²) in [6.45, 7) is 6.88. The predicted octanol–water partition coefficient (Wildman–Crippen LogP) is 3.25. The fraction of sp³-hybridized carbons (Fsp3) is 0.688. The van der Waals surface area contributed by atoms with Gasteiger partial charge < -0.3 is 11.1 Å². The molecule has 1 amide bonds. The molecule has 0 spiro atoms. The second-order valence-electron chi connectivity index (χ2n) is 6.95. The Balaban J connectivity index is 2.01. The minimum absolute atomic E-state index is 0.0842. The van der Waals surface area contributed by atoms with Gasteiger partial charge in [-0.1, -0.05) is 20.8 Å². The van der Waals surface area contributed by atoms with Gasteiger partial charge in [0.25, 0.3) is 0 Å². The van der Waals surface area contributed by atoms with Crippen LogP contribution in [0.3, 0.4) is 0 Å². The number of hydrogen-bond donors (Lipinski definition) is 2. The molecule has 1 aliphatic rings. The van der Waals surface area contributed by atoms with Crippen molar-refractivity contribution in [3.05, 3.63) is 21.9 Å². The maximum Gasteiger partial charge on any atom is 0.224 e. The number of carbonyl (C=O) groups is 1. The lowest BCUT2D eigenvalue weighted by molar-refractivity contribution is -0.126. The summed E-state index contributed by atoms with van der Waals surface area (Å²) in [5.41, 5.74) is 7.25. The van der Waals surface area contributed by atoms with Crippen LogP contribution in [0.5, 0.6) is 0 Å². The van der Waals surface area contributed by atoms with E-state index in [1.807, 2.05) is 0 Å². The molecule has 0 bridgehead atoms. The Morgan fingerprint density at radius 1 is 1.55 bits per heavy atom. The average molecular weight is 294 g/mol. The number of aryl methyl sites for hydroxylation is 1. The summed E-state index contributed by atoms with van der Waals surface area (Å²) in [5, 5.41) is 5.35. The second-order valence-corrected chi connectivity index (χ2v) is 7.95. The Morgan fingerprint density at radius 2 is 2.30 bits per heavy atom. The fourth-order valence-electron chi connectivity index (χ4n) is 2.95. The molecule has 0 radical (unpaired) electrons. The van der Waals surface area contributed by atoms with Gasteiger partial charge in [0.05, 0.1) is 12.0 Å². The summed E-state index contributed by atoms with van der Waals surface area (Å²) in [6.07, 6.45) is 4.19. The first-order valence-electron chi connectivity index (χ1n) is 7.47. The first kappa shape index (κ1) is 15.5. The van der Waals surface area contributed by atoms with Crippen LogP contribution in [-0.2, 0) is 11.2 Å². The van der Waals surface area contributed by atoms with Crippen LogP contribution in [0.4, 0.5) is 0 Å². The number of fused-ring (bicyclic) bond motifs is 1. The molecule has 0 fully saturated rings. The van der Waals surface area contributed by atoms with Crippen LogP contribution in [-0.4, -0.2) is 12.5 Å². The van der Waals surface area contributed by atoms with Crippen LogP contribution in [0, 0.1) is 11.3 Å². The molecular weight excluding hydrogens is 268 g/mol. The lowest BCUT2D eigenvalue weighted by Crippen LogP contribution is -2.39. The van der Waals surface area contributed by atoms with E-state index < -0.39 is 0 Å². The monoisotopic (exact) mass is 294 g/mol. The lowest BCUT2D eigenvalue weighted by Gasteiger charge is -2.28. The molecule has 0 saturated heterocycles. The van der Waals surface area contributed by atoms with Gasteiger partial charge in [0.1, 0.15) is 0 Å². The molecule has 4 heteroatoms. The smallest absolute Gasteiger partial charge is 0.224 e. The van der Waals surface area contributed by atoms with Gasteiger partial charge in [-0.2, -0.15) is 0 Å². The number of amides is 1. The number of nitrogens with one attached hydrogen (secondary N) is 1. The van der Waals surface area contributed by atoms with Crippen molar-refractivity contribution in [3.8, 4) is 0 Å². The van der Waals surface area contributed by atoms with E-state index in [4.69, 9.17) is 5.73 Å². The Kier molecular flexibility index (Phi) is 4.86. The number of thiophene rings is 1. The van der Waals surface area contributed by atoms with Gasteiger partial charge in [-0.15, -0.1) is 11.3 Å². The van der Waals surface area contributed by atoms with Crippen LogP contribution in [0.25, 0.3) is 0 Å². The van der Waals surface area contributed by atoms with Gasteiger partial charge in [0, 0.05) is 11.4 Å². The number of carbonyl (C=O) groups excluding carboxylic acids is 1. The predicted molar refractivity (Wildman–Crippen MR) is 84.8 cm³/mol. The van der Waals surface area contributed by atoms with Crippen LogP contribution in [0.1, 0.15) is 56.5 Å². The van der Waals surface area contributed by atoms with Gasteiger partial charge in [0.15, 0.2) is 0 Å². The van der Waals surface area contributed by atoms with E-state index in [-0.39, 0.29) is 23.3 Å². The summed E-state index contributed by atoms with van der Waals surface area (Å²) in [4.78, 5) is 13.9. The van der Waals surface area contributed by atoms with E-state index in [2.05, 4.69) is 37.5 Å². The Hall–Kier alpha value is -0.870. The van der Waals surface area contributed by atoms with Crippen LogP contribution < -0.4 is 11.1 Å². The van der Waals surface area contributed by atoms with E-state index in [1.165, 1.54) is 10.4 Å². The number of nitrogens with two attached hydrogens (primary N) is 1. The molecule has 0 saturated carbocycles. The molecule has 1 heterocycles. The maximum absolute atomic E-state index is 12.5. The molecule has 112 valence electrons. The van der Waals surface area contributed by atoms with Crippen molar-refractivity contribution in [1.82, 2.24) is 5.32 Å². The quantitative estimate of drug-likeness (QED) is 0.895. The molecule has 20 heavy (non-hydrogen) atoms. The van der Waals surface area contributed by atoms with Crippen molar-refractivity contribution >= 4 is 17.2 Å². The van der Waals surface area contributed by atoms with Crippen molar-refractivity contribution < 1.29 is 4.79 Å². The summed E-state index contributed by atoms with van der Waals surface area (Å²) in [7, 11) is 0. The second kappa shape index (κ2) is 6.27. The lowest BCUT2D eigenvalue weighted by atomic mass is 9.84. The zero-order valence-corrected chi connectivity index (χ0v) is 13.6. The highest BCUT2D eigenvalue weighted by Gasteiger charge is 2.28. The first-order chi connectivity index (χ1) is 9.40. The van der Waals surface area contributed by atoms with Crippen molar-refractivity contribution in [1.29, 1.82) is 0 Å². The van der Waals surface area contributed by atoms with Crippen molar-refractivity contribution in [3.63, 3.8) is 0 Å². The number of rotatable bonds is 4. The molecule has 1 aromatic heterocycles. The highest BCUT2D eigenvalue weighted by atomic mass is 32.1. The van der Waals surface area contributed by atoms with Crippen molar-refractivity contribution in [2.24, 2.45) is 17.1 Å². The summed E-state index contributed by atoms with van der Waals surface area (Å²) >= 11 is 1.80. The molecule has 2 unspecified atom stereocenters. The van der Waals surface area contributed by atoms with Crippen molar-refractivity contribution in [2.75, 3.05) is 6.54 Å². The molecule has 3 N–H and O–H groups in total. The molecule has 0 aliphatic heterocycles. The van der Waals surface area contributed by atoms with E-state index >= 15 is 0 Å². The van der Waals surface area contributed by atoms with Gasteiger partial charge in [0.2, 0.25) is 5.91 Å². The molecule has 3 nitrogen and oxygen atoms in total. The van der Waals surface area contributed by atoms with Gasteiger partial charge in [-0.05, 0) is 48.1 Å². The third kappa shape index (κ3) is 3.83. The topological polar surface area (TPSA) is 55.1 Å². The average Bonchev–Trinajstić information content (AvgIpc) is 2.84. The molecule has 0 aromatic carbocycles. The third-order valence-electron chi connectivity index (χ3n) is 3.88. The van der Waals surface area contributed by atoms with Crippen LogP contribution in [0.15, 0.2) is 11.4 Å². The van der Waals surface area contributed by atoms with Crippen LogP contribution >= 0.6 is 11.3 Å². The van der Waals surface area contributed by atoms with E-state index in [1.54, 1.807) is 11.3 Å². The minimum atomic E-state index is -0.0842. The highest BCUT2D eigenvalue weighted by molar-refractivity contribution is 7.10.